The lowest BCUT2D eigenvalue weighted by Gasteiger charge is -2.34. The first-order valence-corrected chi connectivity index (χ1v) is 19.1. The molecule has 2 aliphatic heterocycles. The third-order valence-electron chi connectivity index (χ3n) is 12.6. The minimum Gasteiger partial charge on any atom is -0.457 e. The molecule has 0 radical (unpaired) electrons. The van der Waals surface area contributed by atoms with E-state index in [2.05, 4.69) is 175 Å². The summed E-state index contributed by atoms with van der Waals surface area (Å²) in [5.41, 5.74) is 17.2. The highest BCUT2D eigenvalue weighted by Crippen LogP contribution is 2.44. The second kappa shape index (κ2) is 9.72. The van der Waals surface area contributed by atoms with Crippen LogP contribution >= 0.6 is 0 Å². The topological polar surface area (TPSA) is 23.0 Å². The van der Waals surface area contributed by atoms with Crippen molar-refractivity contribution in [2.75, 3.05) is 0 Å². The summed E-state index contributed by atoms with van der Waals surface area (Å²) >= 11 is 0. The van der Waals surface area contributed by atoms with Crippen molar-refractivity contribution >= 4 is 99.4 Å². The van der Waals surface area contributed by atoms with E-state index in [1.54, 1.807) is 0 Å². The van der Waals surface area contributed by atoms with Crippen LogP contribution in [0.15, 0.2) is 150 Å². The average molecular weight is 689 g/mol. The van der Waals surface area contributed by atoms with Crippen LogP contribution in [0.4, 0.5) is 0 Å². The van der Waals surface area contributed by atoms with Gasteiger partial charge in [0.1, 0.15) is 11.2 Å². The Morgan fingerprint density at radius 2 is 1.17 bits per heavy atom. The van der Waals surface area contributed by atoms with E-state index < -0.39 is 0 Å². The summed E-state index contributed by atoms with van der Waals surface area (Å²) in [7, 11) is 0. The predicted molar refractivity (Wildman–Crippen MR) is 229 cm³/mol. The third kappa shape index (κ3) is 3.49. The summed E-state index contributed by atoms with van der Waals surface area (Å²) in [6, 6.07) is 54.6. The molecule has 3 nitrogen and oxygen atoms in total. The van der Waals surface area contributed by atoms with E-state index in [-0.39, 0.29) is 12.1 Å². The second-order valence-corrected chi connectivity index (χ2v) is 16.5. The number of aromatic nitrogens is 2. The summed E-state index contributed by atoms with van der Waals surface area (Å²) in [4.78, 5) is 0. The van der Waals surface area contributed by atoms with Crippen LogP contribution in [0.1, 0.15) is 26.3 Å². The minimum absolute atomic E-state index is 0.0224. The van der Waals surface area contributed by atoms with Crippen molar-refractivity contribution in [3.05, 3.63) is 151 Å². The molecule has 11 aromatic rings. The number of hydrogen-bond donors (Lipinski definition) is 0. The fraction of sp³-hybridized carbons (Fsp3) is 0.0800. The standard InChI is InChI=1S/C50H33BN2O/c1-50(2,3)32-21-19-28(20-22-32)31-25-42-45-43(26-31)53-41-24-30-12-5-4-11-29(30)23-36(41)35-15-10-16-39(47(35)53)51(45)46-48-37(33-13-6-8-17-40(33)52(42)48)27-38-34-14-7-9-18-44(34)54-49(38)46/h4-27H,1-3H3. The fourth-order valence-corrected chi connectivity index (χ4v) is 10.2. The number of rotatable bonds is 1. The van der Waals surface area contributed by atoms with Crippen LogP contribution in [0.25, 0.3) is 98.8 Å². The first-order valence-electron chi connectivity index (χ1n) is 19.1. The van der Waals surface area contributed by atoms with Gasteiger partial charge in [0.25, 0.3) is 6.71 Å². The zero-order chi connectivity index (χ0) is 35.6. The Labute approximate surface area is 311 Å². The molecule has 4 heteroatoms. The molecule has 0 fully saturated rings. The molecule has 5 heterocycles. The minimum atomic E-state index is -0.0224. The molecule has 0 bridgehead atoms. The SMILES string of the molecule is CC(C)(C)c1ccc(-c2cc3c4c(c2)-n2c5ccccc5c5cc6c(oc7ccccc76)c(c52)B4c2cccc4c5cc6ccccc6cc5n-3c24)cc1. The fourth-order valence-electron chi connectivity index (χ4n) is 10.2. The van der Waals surface area contributed by atoms with Crippen LogP contribution in [0.5, 0.6) is 0 Å². The van der Waals surface area contributed by atoms with E-state index in [9.17, 15) is 0 Å². The maximum Gasteiger partial charge on any atom is 0.257 e. The molecule has 0 atom stereocenters. The first-order chi connectivity index (χ1) is 26.4. The number of fused-ring (bicyclic) bond motifs is 15. The molecule has 252 valence electrons. The molecular formula is C50H33BN2O. The lowest BCUT2D eigenvalue weighted by atomic mass is 9.34. The number of furan rings is 1. The zero-order valence-corrected chi connectivity index (χ0v) is 30.2. The van der Waals surface area contributed by atoms with Crippen molar-refractivity contribution < 1.29 is 4.42 Å². The highest BCUT2D eigenvalue weighted by atomic mass is 16.3. The van der Waals surface area contributed by atoms with Crippen molar-refractivity contribution in [3.63, 3.8) is 0 Å². The summed E-state index contributed by atoms with van der Waals surface area (Å²) < 4.78 is 12.1. The van der Waals surface area contributed by atoms with Gasteiger partial charge in [-0.25, -0.2) is 0 Å². The van der Waals surface area contributed by atoms with Gasteiger partial charge in [0.15, 0.2) is 0 Å². The Balaban J connectivity index is 1.26. The Bertz CT molecular complexity index is 3480. The summed E-state index contributed by atoms with van der Waals surface area (Å²) in [5, 5.41) is 9.98. The Morgan fingerprint density at radius 1 is 0.481 bits per heavy atom. The van der Waals surface area contributed by atoms with Crippen LogP contribution < -0.4 is 16.4 Å². The maximum atomic E-state index is 6.99. The van der Waals surface area contributed by atoms with Gasteiger partial charge in [0, 0.05) is 49.2 Å². The van der Waals surface area contributed by atoms with Gasteiger partial charge in [-0.15, -0.1) is 0 Å². The van der Waals surface area contributed by atoms with Crippen molar-refractivity contribution in [1.29, 1.82) is 0 Å². The van der Waals surface area contributed by atoms with Gasteiger partial charge in [-0.1, -0.05) is 124 Å². The molecule has 3 aromatic heterocycles. The second-order valence-electron chi connectivity index (χ2n) is 16.5. The van der Waals surface area contributed by atoms with Gasteiger partial charge in [-0.3, -0.25) is 0 Å². The lowest BCUT2D eigenvalue weighted by Crippen LogP contribution is -2.59. The number of nitrogens with zero attached hydrogens (tertiary/aromatic N) is 2. The van der Waals surface area contributed by atoms with Gasteiger partial charge in [0.05, 0.1) is 16.6 Å². The molecule has 13 rings (SSSR count). The Morgan fingerprint density at radius 3 is 1.96 bits per heavy atom. The monoisotopic (exact) mass is 688 g/mol. The molecule has 0 amide bonds. The van der Waals surface area contributed by atoms with Gasteiger partial charge < -0.3 is 13.6 Å². The summed E-state index contributed by atoms with van der Waals surface area (Å²) in [6.07, 6.45) is 0. The van der Waals surface area contributed by atoms with Crippen LogP contribution in [0, 0.1) is 0 Å². The smallest absolute Gasteiger partial charge is 0.257 e. The summed E-state index contributed by atoms with van der Waals surface area (Å²) in [6.45, 7) is 6.83. The van der Waals surface area contributed by atoms with Gasteiger partial charge >= 0.3 is 0 Å². The quantitative estimate of drug-likeness (QED) is 0.157. The van der Waals surface area contributed by atoms with Crippen molar-refractivity contribution in [3.8, 4) is 22.5 Å². The van der Waals surface area contributed by atoms with Crippen molar-refractivity contribution in [2.24, 2.45) is 0 Å². The number of para-hydroxylation sites is 3. The molecular weight excluding hydrogens is 655 g/mol. The molecule has 8 aromatic carbocycles. The average Bonchev–Trinajstić information content (AvgIpc) is 3.85. The highest BCUT2D eigenvalue weighted by Gasteiger charge is 2.43. The molecule has 0 saturated heterocycles. The van der Waals surface area contributed by atoms with E-state index in [1.807, 2.05) is 0 Å². The lowest BCUT2D eigenvalue weighted by molar-refractivity contribution is 0.590. The molecule has 0 unspecified atom stereocenters. The van der Waals surface area contributed by atoms with Gasteiger partial charge in [-0.05, 0) is 91.7 Å². The third-order valence-corrected chi connectivity index (χ3v) is 12.6. The maximum absolute atomic E-state index is 6.99. The van der Waals surface area contributed by atoms with E-state index in [1.165, 1.54) is 104 Å². The first kappa shape index (κ1) is 29.0. The highest BCUT2D eigenvalue weighted by molar-refractivity contribution is 7.01. The van der Waals surface area contributed by atoms with E-state index in [0.717, 1.165) is 16.6 Å². The van der Waals surface area contributed by atoms with E-state index in [0.29, 0.717) is 0 Å². The van der Waals surface area contributed by atoms with Crippen LogP contribution in [-0.4, -0.2) is 15.8 Å². The molecule has 0 aliphatic carbocycles. The molecule has 0 spiro atoms. The molecule has 54 heavy (non-hydrogen) atoms. The predicted octanol–water partition coefficient (Wildman–Crippen LogP) is 11.0. The zero-order valence-electron chi connectivity index (χ0n) is 30.2. The van der Waals surface area contributed by atoms with Gasteiger partial charge in [0.2, 0.25) is 0 Å². The van der Waals surface area contributed by atoms with E-state index >= 15 is 0 Å². The van der Waals surface area contributed by atoms with Crippen LogP contribution in [0.2, 0.25) is 0 Å². The van der Waals surface area contributed by atoms with E-state index in [4.69, 9.17) is 4.42 Å². The molecule has 0 saturated carbocycles. The summed E-state index contributed by atoms with van der Waals surface area (Å²) in [5.74, 6) is 0. The van der Waals surface area contributed by atoms with Crippen molar-refractivity contribution in [2.45, 2.75) is 26.2 Å². The number of benzene rings is 8. The normalized spacial score (nSPS) is 13.4. The Hall–Kier alpha value is -6.52. The largest absolute Gasteiger partial charge is 0.457 e. The molecule has 2 aliphatic rings. The van der Waals surface area contributed by atoms with Crippen molar-refractivity contribution in [1.82, 2.24) is 9.13 Å². The van der Waals surface area contributed by atoms with Crippen LogP contribution in [-0.2, 0) is 5.41 Å². The van der Waals surface area contributed by atoms with Crippen LogP contribution in [0.3, 0.4) is 0 Å². The number of hydrogen-bond acceptors (Lipinski definition) is 1. The van der Waals surface area contributed by atoms with Gasteiger partial charge in [-0.2, -0.15) is 0 Å². The Kier molecular flexibility index (Phi) is 5.22. The molecule has 0 N–H and O–H groups in total.